The van der Waals surface area contributed by atoms with Crippen molar-refractivity contribution in [3.63, 3.8) is 0 Å². The molecule has 2 heteroatoms. The van der Waals surface area contributed by atoms with Crippen LogP contribution in [0.1, 0.15) is 45.6 Å². The lowest BCUT2D eigenvalue weighted by molar-refractivity contribution is 0.232. The Morgan fingerprint density at radius 2 is 1.89 bits per heavy atom. The predicted octanol–water partition coefficient (Wildman–Crippen LogP) is 3.71. The lowest BCUT2D eigenvalue weighted by Crippen LogP contribution is -2.40. The molecule has 0 radical (unpaired) electrons. The molecule has 1 atom stereocenters. The summed E-state index contributed by atoms with van der Waals surface area (Å²) in [5, 5.41) is 3.74. The first-order valence-corrected chi connectivity index (χ1v) is 6.85. The lowest BCUT2D eigenvalue weighted by atomic mass is 9.75. The zero-order valence-electron chi connectivity index (χ0n) is 12.0. The van der Waals surface area contributed by atoms with Crippen LogP contribution in [0.3, 0.4) is 0 Å². The van der Waals surface area contributed by atoms with Crippen molar-refractivity contribution >= 4 is 0 Å². The van der Waals surface area contributed by atoms with Crippen molar-refractivity contribution in [2.75, 3.05) is 13.7 Å². The number of rotatable bonds is 3. The molecule has 2 rings (SSSR count). The van der Waals surface area contributed by atoms with E-state index in [1.54, 1.807) is 7.11 Å². The van der Waals surface area contributed by atoms with Gasteiger partial charge in [0, 0.05) is 5.54 Å². The SMILES string of the molecule is COc1ccc(C2(CC(C)(C)C)CCCN2)cc1. The molecule has 0 saturated carbocycles. The molecule has 1 heterocycles. The van der Waals surface area contributed by atoms with Gasteiger partial charge in [-0.15, -0.1) is 0 Å². The second-order valence-electron chi connectivity index (χ2n) is 6.58. The van der Waals surface area contributed by atoms with Crippen LogP contribution in [0.4, 0.5) is 0 Å². The van der Waals surface area contributed by atoms with E-state index in [1.807, 2.05) is 0 Å². The quantitative estimate of drug-likeness (QED) is 0.879. The molecule has 1 unspecified atom stereocenters. The van der Waals surface area contributed by atoms with Gasteiger partial charge in [-0.3, -0.25) is 0 Å². The van der Waals surface area contributed by atoms with Crippen LogP contribution in [-0.2, 0) is 5.54 Å². The van der Waals surface area contributed by atoms with E-state index in [9.17, 15) is 0 Å². The van der Waals surface area contributed by atoms with Gasteiger partial charge in [0.1, 0.15) is 5.75 Å². The third kappa shape index (κ3) is 2.86. The van der Waals surface area contributed by atoms with Gasteiger partial charge < -0.3 is 10.1 Å². The number of nitrogens with one attached hydrogen (secondary N) is 1. The molecule has 1 saturated heterocycles. The molecular formula is C16H25NO. The molecule has 100 valence electrons. The summed E-state index contributed by atoms with van der Waals surface area (Å²) in [4.78, 5) is 0. The Morgan fingerprint density at radius 1 is 1.22 bits per heavy atom. The van der Waals surface area contributed by atoms with Crippen molar-refractivity contribution in [2.24, 2.45) is 5.41 Å². The van der Waals surface area contributed by atoms with Crippen LogP contribution in [0.2, 0.25) is 0 Å². The van der Waals surface area contributed by atoms with Crippen LogP contribution in [-0.4, -0.2) is 13.7 Å². The monoisotopic (exact) mass is 247 g/mol. The number of ether oxygens (including phenoxy) is 1. The van der Waals surface area contributed by atoms with E-state index < -0.39 is 0 Å². The summed E-state index contributed by atoms with van der Waals surface area (Å²) in [5.74, 6) is 0.933. The standard InChI is InChI=1S/C16H25NO/c1-15(2,3)12-16(10-5-11-17-16)13-6-8-14(18-4)9-7-13/h6-9,17H,5,10-12H2,1-4H3. The van der Waals surface area contributed by atoms with Crippen molar-refractivity contribution in [3.05, 3.63) is 29.8 Å². The number of methoxy groups -OCH3 is 1. The van der Waals surface area contributed by atoms with E-state index in [4.69, 9.17) is 4.74 Å². The molecule has 2 nitrogen and oxygen atoms in total. The predicted molar refractivity (Wildman–Crippen MR) is 76.0 cm³/mol. The molecule has 1 aliphatic heterocycles. The molecular weight excluding hydrogens is 222 g/mol. The molecule has 0 aromatic heterocycles. The Labute approximate surface area is 111 Å². The average Bonchev–Trinajstić information content (AvgIpc) is 2.76. The van der Waals surface area contributed by atoms with Crippen LogP contribution >= 0.6 is 0 Å². The van der Waals surface area contributed by atoms with Crippen molar-refractivity contribution in [3.8, 4) is 5.75 Å². The second kappa shape index (κ2) is 4.93. The van der Waals surface area contributed by atoms with Gasteiger partial charge in [-0.05, 0) is 48.9 Å². The minimum absolute atomic E-state index is 0.157. The summed E-state index contributed by atoms with van der Waals surface area (Å²) < 4.78 is 5.25. The van der Waals surface area contributed by atoms with E-state index in [0.29, 0.717) is 5.41 Å². The molecule has 1 N–H and O–H groups in total. The fraction of sp³-hybridized carbons (Fsp3) is 0.625. The topological polar surface area (TPSA) is 21.3 Å². The Balaban J connectivity index is 2.28. The normalized spacial score (nSPS) is 24.2. The minimum atomic E-state index is 0.157. The molecule has 1 aromatic carbocycles. The molecule has 1 fully saturated rings. The van der Waals surface area contributed by atoms with E-state index in [-0.39, 0.29) is 5.54 Å². The highest BCUT2D eigenvalue weighted by atomic mass is 16.5. The second-order valence-corrected chi connectivity index (χ2v) is 6.58. The van der Waals surface area contributed by atoms with Crippen LogP contribution in [0.25, 0.3) is 0 Å². The van der Waals surface area contributed by atoms with Gasteiger partial charge in [-0.25, -0.2) is 0 Å². The largest absolute Gasteiger partial charge is 0.497 e. The van der Waals surface area contributed by atoms with E-state index in [2.05, 4.69) is 50.4 Å². The third-order valence-corrected chi connectivity index (χ3v) is 3.72. The fourth-order valence-electron chi connectivity index (χ4n) is 3.12. The zero-order chi connectivity index (χ0) is 13.2. The highest BCUT2D eigenvalue weighted by Crippen LogP contribution is 2.41. The molecule has 1 aliphatic rings. The Bertz CT molecular complexity index is 383. The van der Waals surface area contributed by atoms with Gasteiger partial charge in [0.05, 0.1) is 7.11 Å². The zero-order valence-corrected chi connectivity index (χ0v) is 12.0. The van der Waals surface area contributed by atoms with Gasteiger partial charge in [0.2, 0.25) is 0 Å². The maximum Gasteiger partial charge on any atom is 0.118 e. The van der Waals surface area contributed by atoms with Crippen LogP contribution in [0.15, 0.2) is 24.3 Å². The van der Waals surface area contributed by atoms with Gasteiger partial charge in [0.15, 0.2) is 0 Å². The molecule has 1 aromatic rings. The van der Waals surface area contributed by atoms with Crippen LogP contribution < -0.4 is 10.1 Å². The molecule has 0 bridgehead atoms. The fourth-order valence-corrected chi connectivity index (χ4v) is 3.12. The lowest BCUT2D eigenvalue weighted by Gasteiger charge is -2.36. The highest BCUT2D eigenvalue weighted by Gasteiger charge is 2.38. The van der Waals surface area contributed by atoms with Crippen molar-refractivity contribution in [1.29, 1.82) is 0 Å². The molecule has 0 amide bonds. The smallest absolute Gasteiger partial charge is 0.118 e. The first-order valence-electron chi connectivity index (χ1n) is 6.85. The van der Waals surface area contributed by atoms with Gasteiger partial charge in [0.25, 0.3) is 0 Å². The maximum absolute atomic E-state index is 5.25. The summed E-state index contributed by atoms with van der Waals surface area (Å²) in [6, 6.07) is 8.56. The van der Waals surface area contributed by atoms with Crippen LogP contribution in [0.5, 0.6) is 5.75 Å². The maximum atomic E-state index is 5.25. The summed E-state index contributed by atoms with van der Waals surface area (Å²) in [6.45, 7) is 8.08. The Morgan fingerprint density at radius 3 is 2.33 bits per heavy atom. The summed E-state index contributed by atoms with van der Waals surface area (Å²) in [5.41, 5.74) is 1.89. The van der Waals surface area contributed by atoms with Gasteiger partial charge in [-0.2, -0.15) is 0 Å². The van der Waals surface area contributed by atoms with E-state index >= 15 is 0 Å². The average molecular weight is 247 g/mol. The first-order chi connectivity index (χ1) is 8.45. The summed E-state index contributed by atoms with van der Waals surface area (Å²) >= 11 is 0. The molecule has 18 heavy (non-hydrogen) atoms. The van der Waals surface area contributed by atoms with Crippen LogP contribution in [0, 0.1) is 5.41 Å². The highest BCUT2D eigenvalue weighted by molar-refractivity contribution is 5.33. The molecule has 0 spiro atoms. The van der Waals surface area contributed by atoms with E-state index in [0.717, 1.165) is 12.3 Å². The van der Waals surface area contributed by atoms with Crippen molar-refractivity contribution in [1.82, 2.24) is 5.32 Å². The first kappa shape index (κ1) is 13.4. The Kier molecular flexibility index (Phi) is 3.67. The molecule has 0 aliphatic carbocycles. The Hall–Kier alpha value is -1.02. The van der Waals surface area contributed by atoms with Gasteiger partial charge in [-0.1, -0.05) is 32.9 Å². The van der Waals surface area contributed by atoms with Crippen molar-refractivity contribution < 1.29 is 4.74 Å². The minimum Gasteiger partial charge on any atom is -0.497 e. The summed E-state index contributed by atoms with van der Waals surface area (Å²) in [7, 11) is 1.72. The third-order valence-electron chi connectivity index (χ3n) is 3.72. The summed E-state index contributed by atoms with van der Waals surface area (Å²) in [6.07, 6.45) is 3.67. The van der Waals surface area contributed by atoms with Crippen molar-refractivity contribution in [2.45, 2.75) is 45.6 Å². The number of benzene rings is 1. The number of hydrogen-bond donors (Lipinski definition) is 1. The number of hydrogen-bond acceptors (Lipinski definition) is 2. The van der Waals surface area contributed by atoms with Gasteiger partial charge >= 0.3 is 0 Å². The van der Waals surface area contributed by atoms with E-state index in [1.165, 1.54) is 24.8 Å².